The van der Waals surface area contributed by atoms with Crippen molar-refractivity contribution in [2.24, 2.45) is 0 Å². The van der Waals surface area contributed by atoms with E-state index in [-0.39, 0.29) is 11.5 Å². The lowest BCUT2D eigenvalue weighted by Crippen LogP contribution is -2.42. The Hall–Kier alpha value is -1.66. The van der Waals surface area contributed by atoms with E-state index in [0.717, 1.165) is 71.4 Å². The Balaban J connectivity index is 1.75. The van der Waals surface area contributed by atoms with Crippen LogP contribution in [0, 0.1) is 0 Å². The van der Waals surface area contributed by atoms with E-state index in [1.165, 1.54) is 24.1 Å². The zero-order valence-electron chi connectivity index (χ0n) is 17.3. The molecule has 0 spiro atoms. The number of nitrogens with one attached hydrogen (secondary N) is 1. The first-order chi connectivity index (χ1) is 13.7. The predicted octanol–water partition coefficient (Wildman–Crippen LogP) is 2.37. The zero-order chi connectivity index (χ0) is 19.8. The summed E-state index contributed by atoms with van der Waals surface area (Å²) >= 11 is 0. The van der Waals surface area contributed by atoms with Crippen LogP contribution < -0.4 is 10.9 Å². The fourth-order valence-corrected chi connectivity index (χ4v) is 4.20. The number of hydrogen-bond donors (Lipinski definition) is 1. The molecular formula is C22H35N3O3. The molecule has 6 heteroatoms. The molecule has 0 bridgehead atoms. The van der Waals surface area contributed by atoms with Crippen molar-refractivity contribution in [3.8, 4) is 0 Å². The van der Waals surface area contributed by atoms with Crippen molar-refractivity contribution >= 4 is 5.91 Å². The van der Waals surface area contributed by atoms with Gasteiger partial charge in [0, 0.05) is 38.4 Å². The molecule has 0 aromatic carbocycles. The number of nitrogens with zero attached hydrogens (tertiary/aromatic N) is 2. The molecule has 1 fully saturated rings. The van der Waals surface area contributed by atoms with Crippen molar-refractivity contribution in [1.29, 1.82) is 0 Å². The summed E-state index contributed by atoms with van der Waals surface area (Å²) < 4.78 is 7.26. The van der Waals surface area contributed by atoms with Crippen LogP contribution in [-0.2, 0) is 24.1 Å². The third-order valence-corrected chi connectivity index (χ3v) is 5.90. The predicted molar refractivity (Wildman–Crippen MR) is 111 cm³/mol. The highest BCUT2D eigenvalue weighted by molar-refractivity contribution is 5.94. The topological polar surface area (TPSA) is 63.6 Å². The van der Waals surface area contributed by atoms with Gasteiger partial charge in [0.1, 0.15) is 5.56 Å². The maximum atomic E-state index is 13.1. The largest absolute Gasteiger partial charge is 0.379 e. The fourth-order valence-electron chi connectivity index (χ4n) is 4.20. The van der Waals surface area contributed by atoms with Crippen molar-refractivity contribution < 1.29 is 9.53 Å². The molecular weight excluding hydrogens is 354 g/mol. The number of pyridine rings is 1. The second kappa shape index (κ2) is 10.8. The number of amides is 1. The van der Waals surface area contributed by atoms with E-state index < -0.39 is 0 Å². The number of carbonyl (C=O) groups excluding carboxylic acids is 1. The Morgan fingerprint density at radius 1 is 1.11 bits per heavy atom. The lowest BCUT2D eigenvalue weighted by Gasteiger charge is -2.26. The second-order valence-corrected chi connectivity index (χ2v) is 7.96. The van der Waals surface area contributed by atoms with Gasteiger partial charge in [-0.05, 0) is 43.7 Å². The third kappa shape index (κ3) is 5.45. The number of morpholine rings is 1. The van der Waals surface area contributed by atoms with Crippen LogP contribution in [0.1, 0.15) is 67.1 Å². The molecule has 0 radical (unpaired) electrons. The molecule has 6 nitrogen and oxygen atoms in total. The number of rotatable bonds is 7. The molecule has 1 aliphatic heterocycles. The van der Waals surface area contributed by atoms with Crippen LogP contribution >= 0.6 is 0 Å². The van der Waals surface area contributed by atoms with Crippen LogP contribution in [0.2, 0.25) is 0 Å². The van der Waals surface area contributed by atoms with Crippen molar-refractivity contribution in [1.82, 2.24) is 14.8 Å². The maximum absolute atomic E-state index is 13.1. The highest BCUT2D eigenvalue weighted by atomic mass is 16.5. The van der Waals surface area contributed by atoms with Crippen molar-refractivity contribution in [3.63, 3.8) is 0 Å². The summed E-state index contributed by atoms with van der Waals surface area (Å²) in [5.74, 6) is -0.228. The average molecular weight is 390 g/mol. The smallest absolute Gasteiger partial charge is 0.263 e. The van der Waals surface area contributed by atoms with Crippen molar-refractivity contribution in [2.75, 3.05) is 39.4 Å². The zero-order valence-corrected chi connectivity index (χ0v) is 17.3. The van der Waals surface area contributed by atoms with Crippen LogP contribution in [0.4, 0.5) is 0 Å². The highest BCUT2D eigenvalue weighted by Gasteiger charge is 2.20. The Bertz CT molecular complexity index is 708. The Kier molecular flexibility index (Phi) is 8.10. The molecule has 0 atom stereocenters. The molecule has 0 saturated carbocycles. The van der Waals surface area contributed by atoms with E-state index in [1.807, 2.05) is 10.6 Å². The minimum atomic E-state index is -0.228. The standard InChI is InChI=1S/C22H35N3O3/c1-2-3-11-25-20-9-7-5-4-6-8-18(20)17-19(22(25)27)21(26)23-10-12-24-13-15-28-16-14-24/h17H,2-16H2,1H3,(H,23,26). The molecule has 2 aliphatic rings. The van der Waals surface area contributed by atoms with Gasteiger partial charge in [-0.1, -0.05) is 26.2 Å². The molecule has 1 aliphatic carbocycles. The van der Waals surface area contributed by atoms with E-state index in [1.54, 1.807) is 0 Å². The number of aromatic nitrogens is 1. The van der Waals surface area contributed by atoms with Gasteiger partial charge >= 0.3 is 0 Å². The fraction of sp³-hybridized carbons (Fsp3) is 0.727. The van der Waals surface area contributed by atoms with Gasteiger partial charge in [-0.25, -0.2) is 0 Å². The number of unbranched alkanes of at least 4 members (excludes halogenated alkanes) is 1. The molecule has 0 unspecified atom stereocenters. The third-order valence-electron chi connectivity index (χ3n) is 5.90. The van der Waals surface area contributed by atoms with Crippen LogP contribution in [0.15, 0.2) is 10.9 Å². The molecule has 2 heterocycles. The first-order valence-electron chi connectivity index (χ1n) is 11.0. The Morgan fingerprint density at radius 2 is 1.86 bits per heavy atom. The summed E-state index contributed by atoms with van der Waals surface area (Å²) in [6.07, 6.45) is 8.65. The Morgan fingerprint density at radius 3 is 2.61 bits per heavy atom. The molecule has 1 aromatic rings. The number of aryl methyl sites for hydroxylation is 1. The molecule has 1 amide bonds. The van der Waals surface area contributed by atoms with Gasteiger partial charge in [0.05, 0.1) is 13.2 Å². The number of hydrogen-bond acceptors (Lipinski definition) is 4. The monoisotopic (exact) mass is 389 g/mol. The maximum Gasteiger partial charge on any atom is 0.263 e. The lowest BCUT2D eigenvalue weighted by atomic mass is 9.95. The van der Waals surface area contributed by atoms with Crippen LogP contribution in [0.5, 0.6) is 0 Å². The molecule has 3 rings (SSSR count). The van der Waals surface area contributed by atoms with Crippen LogP contribution in [-0.4, -0.2) is 54.8 Å². The first kappa shape index (κ1) is 21.1. The van der Waals surface area contributed by atoms with E-state index >= 15 is 0 Å². The van der Waals surface area contributed by atoms with Gasteiger partial charge in [0.25, 0.3) is 11.5 Å². The second-order valence-electron chi connectivity index (χ2n) is 7.96. The Labute approximate surface area is 168 Å². The minimum absolute atomic E-state index is 0.114. The summed E-state index contributed by atoms with van der Waals surface area (Å²) in [5.41, 5.74) is 2.57. The first-order valence-corrected chi connectivity index (χ1v) is 11.0. The lowest BCUT2D eigenvalue weighted by molar-refractivity contribution is 0.0383. The molecule has 1 N–H and O–H groups in total. The SMILES string of the molecule is CCCCn1c2c(cc(C(=O)NCCN3CCOCC3)c1=O)CCCCCC2. The van der Waals surface area contributed by atoms with E-state index in [4.69, 9.17) is 4.74 Å². The van der Waals surface area contributed by atoms with Gasteiger partial charge in [-0.2, -0.15) is 0 Å². The van der Waals surface area contributed by atoms with Crippen molar-refractivity contribution in [3.05, 3.63) is 33.2 Å². The van der Waals surface area contributed by atoms with Crippen LogP contribution in [0.25, 0.3) is 0 Å². The van der Waals surface area contributed by atoms with Gasteiger partial charge in [-0.3, -0.25) is 14.5 Å². The van der Waals surface area contributed by atoms with E-state index in [0.29, 0.717) is 18.7 Å². The van der Waals surface area contributed by atoms with Crippen molar-refractivity contribution in [2.45, 2.75) is 64.8 Å². The molecule has 156 valence electrons. The van der Waals surface area contributed by atoms with Crippen LogP contribution in [0.3, 0.4) is 0 Å². The van der Waals surface area contributed by atoms with Gasteiger partial charge in [0.15, 0.2) is 0 Å². The van der Waals surface area contributed by atoms with E-state index in [2.05, 4.69) is 17.1 Å². The molecule has 1 aromatic heterocycles. The number of ether oxygens (including phenoxy) is 1. The summed E-state index contributed by atoms with van der Waals surface area (Å²) in [7, 11) is 0. The van der Waals surface area contributed by atoms with E-state index in [9.17, 15) is 9.59 Å². The summed E-state index contributed by atoms with van der Waals surface area (Å²) in [6, 6.07) is 1.88. The van der Waals surface area contributed by atoms with Gasteiger partial charge < -0.3 is 14.6 Å². The van der Waals surface area contributed by atoms with Gasteiger partial charge in [-0.15, -0.1) is 0 Å². The number of carbonyl (C=O) groups is 1. The number of fused-ring (bicyclic) bond motifs is 1. The highest BCUT2D eigenvalue weighted by Crippen LogP contribution is 2.20. The summed E-state index contributed by atoms with van der Waals surface area (Å²) in [4.78, 5) is 28.2. The minimum Gasteiger partial charge on any atom is -0.379 e. The molecule has 1 saturated heterocycles. The summed E-state index contributed by atoms with van der Waals surface area (Å²) in [6.45, 7) is 7.51. The quantitative estimate of drug-likeness (QED) is 0.778. The van der Waals surface area contributed by atoms with Gasteiger partial charge in [0.2, 0.25) is 0 Å². The normalized spacial score (nSPS) is 18.2. The average Bonchev–Trinajstić information content (AvgIpc) is 2.69. The molecule has 28 heavy (non-hydrogen) atoms. The summed E-state index contributed by atoms with van der Waals surface area (Å²) in [5, 5.41) is 2.97.